The quantitative estimate of drug-likeness (QED) is 0.885. The number of nitrogens with one attached hydrogen (secondary N) is 1. The third-order valence-electron chi connectivity index (χ3n) is 4.87. The highest BCUT2D eigenvalue weighted by atomic mass is 19.1. The average Bonchev–Trinajstić information content (AvgIpc) is 2.55. The Balaban J connectivity index is 1.88. The van der Waals surface area contributed by atoms with Gasteiger partial charge in [0.1, 0.15) is 5.82 Å². The van der Waals surface area contributed by atoms with E-state index in [-0.39, 0.29) is 29.7 Å². The van der Waals surface area contributed by atoms with Gasteiger partial charge >= 0.3 is 0 Å². The van der Waals surface area contributed by atoms with E-state index in [2.05, 4.69) is 12.2 Å². The summed E-state index contributed by atoms with van der Waals surface area (Å²) in [6.07, 6.45) is 0.839. The van der Waals surface area contributed by atoms with Crippen molar-refractivity contribution in [2.75, 3.05) is 20.1 Å². The molecule has 0 radical (unpaired) electrons. The highest BCUT2D eigenvalue weighted by Gasteiger charge is 2.30. The number of hydrogen-bond donors (Lipinski definition) is 1. The van der Waals surface area contributed by atoms with E-state index in [0.717, 1.165) is 18.5 Å². The van der Waals surface area contributed by atoms with Crippen molar-refractivity contribution in [2.24, 2.45) is 5.92 Å². The highest BCUT2D eigenvalue weighted by molar-refractivity contribution is 5.81. The molecule has 1 fully saturated rings. The van der Waals surface area contributed by atoms with Gasteiger partial charge in [0.2, 0.25) is 11.8 Å². The first kappa shape index (κ1) is 19.4. The molecule has 1 aromatic rings. The number of halogens is 1. The molecule has 5 nitrogen and oxygen atoms in total. The number of carbonyl (C=O) groups is 2. The monoisotopic (exact) mass is 349 g/mol. The molecule has 3 atom stereocenters. The van der Waals surface area contributed by atoms with Crippen molar-refractivity contribution >= 4 is 11.8 Å². The van der Waals surface area contributed by atoms with Crippen LogP contribution in [0.4, 0.5) is 4.39 Å². The van der Waals surface area contributed by atoms with Gasteiger partial charge in [-0.05, 0) is 37.0 Å². The summed E-state index contributed by atoms with van der Waals surface area (Å²) in [4.78, 5) is 27.5. The summed E-state index contributed by atoms with van der Waals surface area (Å²) in [6, 6.07) is 6.18. The van der Waals surface area contributed by atoms with Gasteiger partial charge in [-0.25, -0.2) is 4.39 Å². The maximum absolute atomic E-state index is 13.3. The molecule has 25 heavy (non-hydrogen) atoms. The van der Waals surface area contributed by atoms with Crippen molar-refractivity contribution < 1.29 is 14.0 Å². The Kier molecular flexibility index (Phi) is 6.53. The van der Waals surface area contributed by atoms with Crippen LogP contribution in [-0.4, -0.2) is 53.8 Å². The zero-order valence-corrected chi connectivity index (χ0v) is 15.5. The normalized spacial score (nSPS) is 21.7. The van der Waals surface area contributed by atoms with Gasteiger partial charge in [-0.3, -0.25) is 9.59 Å². The van der Waals surface area contributed by atoms with Crippen molar-refractivity contribution in [3.63, 3.8) is 0 Å². The lowest BCUT2D eigenvalue weighted by Gasteiger charge is -2.38. The molecule has 6 heteroatoms. The standard InChI is InChI=1S/C19H28FN3O2/c1-13-11-23(15(3)24)9-8-18(13)21-14(2)19(25)22(4)12-16-6-5-7-17(20)10-16/h5-7,10,13-14,18,21H,8-9,11-12H2,1-4H3/t13-,14-,18+/m1/s1. The van der Waals surface area contributed by atoms with Crippen molar-refractivity contribution in [1.29, 1.82) is 0 Å². The molecule has 0 saturated carbocycles. The lowest BCUT2D eigenvalue weighted by Crippen LogP contribution is -2.54. The van der Waals surface area contributed by atoms with Gasteiger partial charge in [0.25, 0.3) is 0 Å². The van der Waals surface area contributed by atoms with Crippen LogP contribution in [0.3, 0.4) is 0 Å². The van der Waals surface area contributed by atoms with Crippen LogP contribution in [0, 0.1) is 11.7 Å². The molecule has 0 unspecified atom stereocenters. The summed E-state index contributed by atoms with van der Waals surface area (Å²) in [5, 5.41) is 3.40. The van der Waals surface area contributed by atoms with Crippen LogP contribution in [-0.2, 0) is 16.1 Å². The van der Waals surface area contributed by atoms with Crippen LogP contribution in [0.2, 0.25) is 0 Å². The molecule has 1 aromatic carbocycles. The van der Waals surface area contributed by atoms with Crippen molar-refractivity contribution in [1.82, 2.24) is 15.1 Å². The summed E-state index contributed by atoms with van der Waals surface area (Å²) < 4.78 is 13.3. The van der Waals surface area contributed by atoms with Crippen LogP contribution in [0.15, 0.2) is 24.3 Å². The Bertz CT molecular complexity index is 622. The van der Waals surface area contributed by atoms with E-state index in [1.165, 1.54) is 12.1 Å². The lowest BCUT2D eigenvalue weighted by molar-refractivity contribution is -0.134. The largest absolute Gasteiger partial charge is 0.343 e. The van der Waals surface area contributed by atoms with Crippen LogP contribution in [0.1, 0.15) is 32.8 Å². The molecule has 138 valence electrons. The number of carbonyl (C=O) groups excluding carboxylic acids is 2. The topological polar surface area (TPSA) is 52.7 Å². The van der Waals surface area contributed by atoms with E-state index in [1.54, 1.807) is 24.9 Å². The second kappa shape index (κ2) is 8.43. The predicted molar refractivity (Wildman–Crippen MR) is 95.3 cm³/mol. The van der Waals surface area contributed by atoms with E-state index in [9.17, 15) is 14.0 Å². The molecule has 0 bridgehead atoms. The minimum absolute atomic E-state index is 0.0227. The van der Waals surface area contributed by atoms with Gasteiger partial charge in [-0.15, -0.1) is 0 Å². The Morgan fingerprint density at radius 2 is 2.16 bits per heavy atom. The van der Waals surface area contributed by atoms with Crippen molar-refractivity contribution in [2.45, 2.75) is 45.8 Å². The molecule has 0 aromatic heterocycles. The second-order valence-corrected chi connectivity index (χ2v) is 7.05. The molecule has 2 rings (SSSR count). The Hall–Kier alpha value is -1.95. The lowest BCUT2D eigenvalue weighted by atomic mass is 9.93. The number of amides is 2. The van der Waals surface area contributed by atoms with E-state index < -0.39 is 0 Å². The number of benzene rings is 1. The smallest absolute Gasteiger partial charge is 0.239 e. The number of likely N-dealkylation sites (N-methyl/N-ethyl adjacent to an activating group) is 1. The molecule has 1 N–H and O–H groups in total. The minimum Gasteiger partial charge on any atom is -0.343 e. The first-order valence-electron chi connectivity index (χ1n) is 8.79. The van der Waals surface area contributed by atoms with Crippen LogP contribution >= 0.6 is 0 Å². The van der Waals surface area contributed by atoms with E-state index in [1.807, 2.05) is 17.9 Å². The summed E-state index contributed by atoms with van der Waals surface area (Å²) in [5.41, 5.74) is 0.770. The molecule has 0 aliphatic carbocycles. The van der Waals surface area contributed by atoms with E-state index in [4.69, 9.17) is 0 Å². The number of piperidine rings is 1. The zero-order chi connectivity index (χ0) is 18.6. The number of likely N-dealkylation sites (tertiary alicyclic amines) is 1. The molecule has 1 saturated heterocycles. The number of nitrogens with zero attached hydrogens (tertiary/aromatic N) is 2. The van der Waals surface area contributed by atoms with Crippen molar-refractivity contribution in [3.05, 3.63) is 35.6 Å². The van der Waals surface area contributed by atoms with Gasteiger partial charge < -0.3 is 15.1 Å². The highest BCUT2D eigenvalue weighted by Crippen LogP contribution is 2.18. The number of rotatable bonds is 5. The maximum Gasteiger partial charge on any atom is 0.239 e. The fraction of sp³-hybridized carbons (Fsp3) is 0.579. The van der Waals surface area contributed by atoms with Crippen LogP contribution in [0.25, 0.3) is 0 Å². The van der Waals surface area contributed by atoms with Crippen molar-refractivity contribution in [3.8, 4) is 0 Å². The number of hydrogen-bond acceptors (Lipinski definition) is 3. The zero-order valence-electron chi connectivity index (χ0n) is 15.5. The molecule has 1 heterocycles. The molecular formula is C19H28FN3O2. The summed E-state index contributed by atoms with van der Waals surface area (Å²) in [5.74, 6) is 0.0757. The van der Waals surface area contributed by atoms with Gasteiger partial charge in [0.05, 0.1) is 6.04 Å². The molecule has 1 aliphatic heterocycles. The fourth-order valence-corrected chi connectivity index (χ4v) is 3.39. The molecule has 2 amide bonds. The van der Waals surface area contributed by atoms with Gasteiger partial charge in [0, 0.05) is 39.6 Å². The molecule has 1 aliphatic rings. The first-order valence-corrected chi connectivity index (χ1v) is 8.79. The fourth-order valence-electron chi connectivity index (χ4n) is 3.39. The van der Waals surface area contributed by atoms with Crippen LogP contribution in [0.5, 0.6) is 0 Å². The molecular weight excluding hydrogens is 321 g/mol. The SMILES string of the molecule is CC(=O)N1CC[C@H](N[C@H](C)C(=O)N(C)Cc2cccc(F)c2)[C@H](C)C1. The third kappa shape index (κ3) is 5.26. The summed E-state index contributed by atoms with van der Waals surface area (Å²) in [7, 11) is 1.73. The Labute approximate surface area is 149 Å². The van der Waals surface area contributed by atoms with Gasteiger partial charge in [-0.2, -0.15) is 0 Å². The maximum atomic E-state index is 13.3. The van der Waals surface area contributed by atoms with E-state index in [0.29, 0.717) is 19.0 Å². The molecule has 0 spiro atoms. The Morgan fingerprint density at radius 3 is 2.76 bits per heavy atom. The van der Waals surface area contributed by atoms with E-state index >= 15 is 0 Å². The van der Waals surface area contributed by atoms with Gasteiger partial charge in [0.15, 0.2) is 0 Å². The van der Waals surface area contributed by atoms with Gasteiger partial charge in [-0.1, -0.05) is 19.1 Å². The average molecular weight is 349 g/mol. The predicted octanol–water partition coefficient (Wildman–Crippen LogP) is 2.02. The Morgan fingerprint density at radius 1 is 1.44 bits per heavy atom. The third-order valence-corrected chi connectivity index (χ3v) is 4.87. The summed E-state index contributed by atoms with van der Waals surface area (Å²) in [6.45, 7) is 7.36. The summed E-state index contributed by atoms with van der Waals surface area (Å²) >= 11 is 0. The van der Waals surface area contributed by atoms with Crippen LogP contribution < -0.4 is 5.32 Å². The first-order chi connectivity index (χ1) is 11.8. The second-order valence-electron chi connectivity index (χ2n) is 7.05. The minimum atomic E-state index is -0.324.